The molecule has 5 aromatic carbocycles. The zero-order valence-electron chi connectivity index (χ0n) is 39.2. The van der Waals surface area contributed by atoms with E-state index in [-0.39, 0.29) is 54.2 Å². The summed E-state index contributed by atoms with van der Waals surface area (Å²) in [5, 5.41) is 16.0. The zero-order valence-corrected chi connectivity index (χ0v) is 40.0. The van der Waals surface area contributed by atoms with Crippen LogP contribution in [-0.4, -0.2) is 66.6 Å². The van der Waals surface area contributed by atoms with Crippen molar-refractivity contribution in [2.45, 2.75) is 139 Å². The number of nitrogens with zero attached hydrogens (tertiary/aromatic N) is 1. The maximum atomic E-state index is 13.9. The van der Waals surface area contributed by atoms with E-state index in [0.29, 0.717) is 24.9 Å². The summed E-state index contributed by atoms with van der Waals surface area (Å²) in [6, 6.07) is 39.0. The normalized spacial score (nSPS) is 22.9. The molecule has 2 saturated heterocycles. The van der Waals surface area contributed by atoms with Crippen LogP contribution >= 0.6 is 0 Å². The number of carbonyl (C=O) groups excluding carboxylic acids is 2. The predicted molar refractivity (Wildman–Crippen MR) is 261 cm³/mol. The number of aryl methyl sites for hydroxylation is 1. The first kappa shape index (κ1) is 48.3. The van der Waals surface area contributed by atoms with Crippen molar-refractivity contribution in [2.24, 2.45) is 5.92 Å². The molecule has 3 fully saturated rings. The smallest absolute Gasteiger partial charge is 0.241 e. The molecule has 5 aromatic rings. The van der Waals surface area contributed by atoms with Crippen molar-refractivity contribution in [3.05, 3.63) is 161 Å². The van der Waals surface area contributed by atoms with Crippen LogP contribution in [0.2, 0.25) is 0 Å². The van der Waals surface area contributed by atoms with Gasteiger partial charge in [-0.05, 0) is 117 Å². The lowest BCUT2D eigenvalue weighted by Gasteiger charge is -2.50. The highest BCUT2D eigenvalue weighted by atomic mass is 32.2. The van der Waals surface area contributed by atoms with Crippen molar-refractivity contribution in [1.82, 2.24) is 20.3 Å². The van der Waals surface area contributed by atoms with E-state index in [4.69, 9.17) is 9.47 Å². The van der Waals surface area contributed by atoms with Gasteiger partial charge in [-0.3, -0.25) is 14.5 Å². The molecule has 0 radical (unpaired) electrons. The van der Waals surface area contributed by atoms with Crippen molar-refractivity contribution in [3.8, 4) is 11.1 Å². The average molecular weight is 927 g/mol. The third kappa shape index (κ3) is 12.5. The Labute approximate surface area is 396 Å². The number of amides is 2. The summed E-state index contributed by atoms with van der Waals surface area (Å²) in [5.41, 5.74) is 6.95. The number of carbonyl (C=O) groups is 2. The van der Waals surface area contributed by atoms with Gasteiger partial charge in [0.15, 0.2) is 6.29 Å². The molecule has 0 aromatic heterocycles. The van der Waals surface area contributed by atoms with Crippen LogP contribution < -0.4 is 15.4 Å². The minimum absolute atomic E-state index is 0.0340. The Morgan fingerprint density at radius 2 is 1.46 bits per heavy atom. The van der Waals surface area contributed by atoms with Crippen molar-refractivity contribution < 1.29 is 32.6 Å². The second-order valence-electron chi connectivity index (χ2n) is 19.7. The molecule has 2 heterocycles. The fourth-order valence-electron chi connectivity index (χ4n) is 10.0. The Kier molecular flexibility index (Phi) is 15.4. The van der Waals surface area contributed by atoms with Crippen LogP contribution in [0.25, 0.3) is 11.1 Å². The van der Waals surface area contributed by atoms with E-state index in [9.17, 15) is 23.1 Å². The van der Waals surface area contributed by atoms with Gasteiger partial charge < -0.3 is 25.2 Å². The Morgan fingerprint density at radius 3 is 2.18 bits per heavy atom. The molecule has 1 aliphatic carbocycles. The molecule has 3 aliphatic rings. The van der Waals surface area contributed by atoms with Crippen LogP contribution in [-0.2, 0) is 48.7 Å². The van der Waals surface area contributed by atoms with Gasteiger partial charge in [0, 0.05) is 36.7 Å². The molecule has 2 aliphatic heterocycles. The van der Waals surface area contributed by atoms with Crippen LogP contribution in [0.1, 0.15) is 111 Å². The summed E-state index contributed by atoms with van der Waals surface area (Å²) in [6.45, 7) is 8.79. The standard InChI is InChI=1S/C55H66N4O7S/c1-37-17-28-47(29-18-37)67(63,64)58-48(32-38-11-6-5-7-12-38)52(61)56-34-40-13-10-15-45(31-40)41-23-25-44(26-24-41)54-65-46(33-51(66-54)43-21-19-39(36-60)20-22-43)35-59-49-16-9-8-14-42(49)27-30-50(59)53(62)57-55(2,3)4/h5-7,10-13,15,17-26,28-29,31,42,46,48-51,54,58,60H,8-9,14,16,27,30,32-36H2,1-4H3,(H,56,61)(H,57,62)/t42-,46+,48-,49-,50-,51-,54-/m1/s1. The molecular weight excluding hydrogens is 861 g/mol. The van der Waals surface area contributed by atoms with E-state index < -0.39 is 28.3 Å². The van der Waals surface area contributed by atoms with Crippen molar-refractivity contribution >= 4 is 21.8 Å². The largest absolute Gasteiger partial charge is 0.392 e. The quantitative estimate of drug-likeness (QED) is 0.0815. The second-order valence-corrected chi connectivity index (χ2v) is 21.4. The number of rotatable bonds is 15. The van der Waals surface area contributed by atoms with Crippen molar-refractivity contribution in [3.63, 3.8) is 0 Å². The van der Waals surface area contributed by atoms with E-state index in [1.807, 2.05) is 131 Å². The first-order chi connectivity index (χ1) is 32.2. The summed E-state index contributed by atoms with van der Waals surface area (Å²) < 4.78 is 43.2. The van der Waals surface area contributed by atoms with Crippen LogP contribution in [0, 0.1) is 12.8 Å². The first-order valence-electron chi connectivity index (χ1n) is 23.9. The molecule has 0 bridgehead atoms. The van der Waals surface area contributed by atoms with Gasteiger partial charge in [0.1, 0.15) is 6.04 Å². The monoisotopic (exact) mass is 926 g/mol. The molecule has 0 unspecified atom stereocenters. The molecule has 7 atom stereocenters. The van der Waals surface area contributed by atoms with Gasteiger partial charge in [-0.15, -0.1) is 0 Å². The molecule has 354 valence electrons. The highest BCUT2D eigenvalue weighted by Crippen LogP contribution is 2.42. The van der Waals surface area contributed by atoms with E-state index in [2.05, 4.69) is 20.3 Å². The number of sulfonamides is 1. The Bertz CT molecular complexity index is 2550. The molecule has 0 spiro atoms. The van der Waals surface area contributed by atoms with E-state index in [1.165, 1.54) is 19.3 Å². The van der Waals surface area contributed by atoms with Gasteiger partial charge >= 0.3 is 0 Å². The number of hydrogen-bond acceptors (Lipinski definition) is 8. The van der Waals surface area contributed by atoms with Gasteiger partial charge in [-0.25, -0.2) is 8.42 Å². The summed E-state index contributed by atoms with van der Waals surface area (Å²) in [5.74, 6) is 0.242. The Balaban J connectivity index is 0.983. The second kappa shape index (κ2) is 21.4. The Hall–Kier alpha value is -5.21. The number of fused-ring (bicyclic) bond motifs is 1. The minimum atomic E-state index is -3.98. The number of hydrogen-bond donors (Lipinski definition) is 4. The summed E-state index contributed by atoms with van der Waals surface area (Å²) in [4.78, 5) is 30.3. The Morgan fingerprint density at radius 1 is 0.761 bits per heavy atom. The number of aliphatic hydroxyl groups excluding tert-OH is 1. The molecule has 4 N–H and O–H groups in total. The van der Waals surface area contributed by atoms with Gasteiger partial charge in [0.2, 0.25) is 21.8 Å². The molecule has 12 heteroatoms. The van der Waals surface area contributed by atoms with Gasteiger partial charge in [0.25, 0.3) is 0 Å². The number of nitrogens with one attached hydrogen (secondary N) is 3. The van der Waals surface area contributed by atoms with E-state index >= 15 is 0 Å². The van der Waals surface area contributed by atoms with Gasteiger partial charge in [-0.2, -0.15) is 4.72 Å². The number of ether oxygens (including phenoxy) is 2. The van der Waals surface area contributed by atoms with Crippen LogP contribution in [0.3, 0.4) is 0 Å². The predicted octanol–water partition coefficient (Wildman–Crippen LogP) is 8.84. The molecular formula is C55H66N4O7S. The fraction of sp³-hybridized carbons (Fsp3) is 0.418. The summed E-state index contributed by atoms with van der Waals surface area (Å²) in [7, 11) is -3.98. The highest BCUT2D eigenvalue weighted by molar-refractivity contribution is 7.89. The lowest BCUT2D eigenvalue weighted by atomic mass is 9.75. The van der Waals surface area contributed by atoms with Crippen molar-refractivity contribution in [2.75, 3.05) is 6.54 Å². The summed E-state index contributed by atoms with van der Waals surface area (Å²) in [6.07, 6.45) is 6.29. The maximum Gasteiger partial charge on any atom is 0.241 e. The lowest BCUT2D eigenvalue weighted by molar-refractivity contribution is -0.255. The van der Waals surface area contributed by atoms with Crippen molar-refractivity contribution in [1.29, 1.82) is 0 Å². The molecule has 2 amide bonds. The number of likely N-dealkylation sites (tertiary alicyclic amines) is 1. The summed E-state index contributed by atoms with van der Waals surface area (Å²) >= 11 is 0. The number of piperidine rings is 1. The minimum Gasteiger partial charge on any atom is -0.392 e. The van der Waals surface area contributed by atoms with E-state index in [0.717, 1.165) is 63.8 Å². The SMILES string of the molecule is Cc1ccc(S(=O)(=O)N[C@H](Cc2ccccc2)C(=O)NCc2cccc(-c3ccc([C@@H]4O[C@H](CN5[C@@H](C(=O)NC(C)(C)C)CC[C@H]6CCCC[C@H]65)C[C@H](c5ccc(CO)cc5)O4)cc3)c2)cc1. The van der Waals surface area contributed by atoms with Crippen LogP contribution in [0.15, 0.2) is 132 Å². The maximum absolute atomic E-state index is 13.9. The zero-order chi connectivity index (χ0) is 47.1. The van der Waals surface area contributed by atoms with Gasteiger partial charge in [-0.1, -0.05) is 128 Å². The van der Waals surface area contributed by atoms with Gasteiger partial charge in [0.05, 0.1) is 29.8 Å². The lowest BCUT2D eigenvalue weighted by Crippen LogP contribution is -2.61. The third-order valence-corrected chi connectivity index (χ3v) is 15.0. The third-order valence-electron chi connectivity index (χ3n) is 13.5. The number of benzene rings is 5. The average Bonchev–Trinajstić information content (AvgIpc) is 3.33. The van der Waals surface area contributed by atoms with Crippen LogP contribution in [0.5, 0.6) is 0 Å². The first-order valence-corrected chi connectivity index (χ1v) is 25.4. The molecule has 67 heavy (non-hydrogen) atoms. The fourth-order valence-corrected chi connectivity index (χ4v) is 11.2. The highest BCUT2D eigenvalue weighted by Gasteiger charge is 2.44. The molecule has 8 rings (SSSR count). The molecule has 1 saturated carbocycles. The topological polar surface area (TPSA) is 146 Å². The molecule has 11 nitrogen and oxygen atoms in total. The number of aliphatic hydroxyl groups is 1. The van der Waals surface area contributed by atoms with Crippen LogP contribution in [0.4, 0.5) is 0 Å². The van der Waals surface area contributed by atoms with E-state index in [1.54, 1.807) is 24.3 Å².